The van der Waals surface area contributed by atoms with Crippen molar-refractivity contribution in [2.75, 3.05) is 0 Å². The predicted molar refractivity (Wildman–Crippen MR) is 115 cm³/mol. The molecule has 2 aromatic heterocycles. The summed E-state index contributed by atoms with van der Waals surface area (Å²) in [5.41, 5.74) is 10.1. The zero-order valence-electron chi connectivity index (χ0n) is 17.3. The molecule has 8 nitrogen and oxygen atoms in total. The summed E-state index contributed by atoms with van der Waals surface area (Å²) < 4.78 is 1.98. The molecule has 0 spiro atoms. The van der Waals surface area contributed by atoms with E-state index in [4.69, 9.17) is 5.73 Å². The number of aryl methyl sites for hydroxylation is 1. The number of tetrazole rings is 1. The van der Waals surface area contributed by atoms with Gasteiger partial charge in [0.15, 0.2) is 11.6 Å². The zero-order valence-corrected chi connectivity index (χ0v) is 17.3. The maximum atomic E-state index is 5.77. The van der Waals surface area contributed by atoms with Crippen LogP contribution in [0.1, 0.15) is 37.5 Å². The highest BCUT2D eigenvalue weighted by Crippen LogP contribution is 2.29. The van der Waals surface area contributed by atoms with Gasteiger partial charge in [0.2, 0.25) is 0 Å². The molecule has 0 unspecified atom stereocenters. The van der Waals surface area contributed by atoms with E-state index in [0.717, 1.165) is 40.9 Å². The summed E-state index contributed by atoms with van der Waals surface area (Å²) in [6.45, 7) is 5.47. The Morgan fingerprint density at radius 1 is 1.03 bits per heavy atom. The molecule has 3 N–H and O–H groups in total. The Labute approximate surface area is 175 Å². The number of nitrogens with two attached hydrogens (primary N) is 1. The van der Waals surface area contributed by atoms with E-state index in [-0.39, 0.29) is 0 Å². The first-order valence-corrected chi connectivity index (χ1v) is 10.2. The molecule has 2 heterocycles. The van der Waals surface area contributed by atoms with Crippen molar-refractivity contribution in [2.24, 2.45) is 11.7 Å². The Bertz CT molecular complexity index is 1080. The molecule has 0 bridgehead atoms. The number of rotatable bonds is 8. The molecule has 0 fully saturated rings. The lowest BCUT2D eigenvalue weighted by atomic mass is 9.98. The van der Waals surface area contributed by atoms with Gasteiger partial charge < -0.3 is 5.73 Å². The molecule has 0 radical (unpaired) electrons. The minimum atomic E-state index is 0.355. The fourth-order valence-electron chi connectivity index (χ4n) is 3.42. The van der Waals surface area contributed by atoms with Gasteiger partial charge in [0, 0.05) is 12.0 Å². The first-order valence-electron chi connectivity index (χ1n) is 10.2. The smallest absolute Gasteiger partial charge is 0.180 e. The number of benzene rings is 2. The van der Waals surface area contributed by atoms with E-state index < -0.39 is 0 Å². The van der Waals surface area contributed by atoms with Gasteiger partial charge in [0.05, 0.1) is 13.1 Å². The Morgan fingerprint density at radius 2 is 1.80 bits per heavy atom. The number of aromatic nitrogens is 7. The van der Waals surface area contributed by atoms with Gasteiger partial charge in [-0.1, -0.05) is 62.4 Å². The lowest BCUT2D eigenvalue weighted by Gasteiger charge is -2.10. The number of H-pyrrole nitrogens is 1. The summed E-state index contributed by atoms with van der Waals surface area (Å²) in [4.78, 5) is 4.61. The van der Waals surface area contributed by atoms with Gasteiger partial charge in [-0.05, 0) is 39.5 Å². The average molecular weight is 403 g/mol. The molecule has 4 rings (SSSR count). The highest BCUT2D eigenvalue weighted by atomic mass is 15.5. The molecule has 0 saturated heterocycles. The quantitative estimate of drug-likeness (QED) is 0.468. The van der Waals surface area contributed by atoms with Crippen LogP contribution in [-0.2, 0) is 19.5 Å². The third-order valence-electron chi connectivity index (χ3n) is 5.04. The van der Waals surface area contributed by atoms with Gasteiger partial charge in [0.25, 0.3) is 0 Å². The predicted octanol–water partition coefficient (Wildman–Crippen LogP) is 3.22. The molecule has 0 aliphatic carbocycles. The van der Waals surface area contributed by atoms with Crippen LogP contribution in [0.2, 0.25) is 0 Å². The third-order valence-corrected chi connectivity index (χ3v) is 5.04. The van der Waals surface area contributed by atoms with Crippen molar-refractivity contribution < 1.29 is 0 Å². The lowest BCUT2D eigenvalue weighted by molar-refractivity contribution is 0.546. The Hall–Kier alpha value is -3.39. The summed E-state index contributed by atoms with van der Waals surface area (Å²) in [5.74, 6) is 2.97. The zero-order chi connectivity index (χ0) is 20.9. The van der Waals surface area contributed by atoms with Gasteiger partial charge >= 0.3 is 0 Å². The van der Waals surface area contributed by atoms with Crippen LogP contribution in [0.15, 0.2) is 48.5 Å². The summed E-state index contributed by atoms with van der Waals surface area (Å²) in [6, 6.07) is 16.6. The van der Waals surface area contributed by atoms with Crippen LogP contribution in [-0.4, -0.2) is 35.4 Å². The van der Waals surface area contributed by atoms with E-state index >= 15 is 0 Å². The minimum Gasteiger partial charge on any atom is -0.324 e. The van der Waals surface area contributed by atoms with Crippen LogP contribution in [0.3, 0.4) is 0 Å². The highest BCUT2D eigenvalue weighted by Gasteiger charge is 2.12. The van der Waals surface area contributed by atoms with E-state index in [9.17, 15) is 0 Å². The van der Waals surface area contributed by atoms with Crippen molar-refractivity contribution in [3.05, 3.63) is 65.7 Å². The van der Waals surface area contributed by atoms with Crippen LogP contribution >= 0.6 is 0 Å². The normalized spacial score (nSPS) is 11.3. The number of nitrogens with one attached hydrogen (secondary N) is 1. The van der Waals surface area contributed by atoms with Gasteiger partial charge in [-0.3, -0.25) is 0 Å². The largest absolute Gasteiger partial charge is 0.324 e. The molecule has 2 aromatic carbocycles. The monoisotopic (exact) mass is 402 g/mol. The molecule has 0 saturated carbocycles. The SMILES string of the molecule is CC(C)CCc1nc(CN)nn1Cc1ccc(-c2ccccc2-c2nnn[nH]2)cc1. The van der Waals surface area contributed by atoms with Gasteiger partial charge in [0.1, 0.15) is 5.82 Å². The molecule has 30 heavy (non-hydrogen) atoms. The van der Waals surface area contributed by atoms with Crippen LogP contribution in [0.25, 0.3) is 22.5 Å². The van der Waals surface area contributed by atoms with Crippen LogP contribution in [0.5, 0.6) is 0 Å². The van der Waals surface area contributed by atoms with Crippen LogP contribution in [0, 0.1) is 5.92 Å². The van der Waals surface area contributed by atoms with E-state index in [1.54, 1.807) is 0 Å². The first-order chi connectivity index (χ1) is 14.6. The van der Waals surface area contributed by atoms with Gasteiger partial charge in [-0.25, -0.2) is 14.8 Å². The minimum absolute atomic E-state index is 0.355. The lowest BCUT2D eigenvalue weighted by Crippen LogP contribution is -2.08. The van der Waals surface area contributed by atoms with Crippen LogP contribution in [0.4, 0.5) is 0 Å². The Kier molecular flexibility index (Phi) is 5.94. The standard InChI is InChI=1S/C22H26N8/c1-15(2)7-12-21-24-20(13-23)27-30(21)14-16-8-10-17(11-9-16)18-5-3-4-6-19(18)22-25-28-29-26-22/h3-6,8-11,15H,7,12-14,23H2,1-2H3,(H,25,26,28,29). The molecular formula is C22H26N8. The molecule has 0 amide bonds. The van der Waals surface area contributed by atoms with Crippen molar-refractivity contribution in [1.29, 1.82) is 0 Å². The second kappa shape index (κ2) is 8.96. The number of hydrogen-bond donors (Lipinski definition) is 2. The van der Waals surface area contributed by atoms with Crippen molar-refractivity contribution >= 4 is 0 Å². The van der Waals surface area contributed by atoms with E-state index in [1.165, 1.54) is 0 Å². The first kappa shape index (κ1) is 19.9. The van der Waals surface area contributed by atoms with E-state index in [2.05, 4.69) is 74.9 Å². The number of nitrogens with zero attached hydrogens (tertiary/aromatic N) is 6. The third kappa shape index (κ3) is 4.44. The molecule has 0 aliphatic heterocycles. The average Bonchev–Trinajstić information content (AvgIpc) is 3.43. The summed E-state index contributed by atoms with van der Waals surface area (Å²) in [6.07, 6.45) is 1.98. The maximum Gasteiger partial charge on any atom is 0.180 e. The van der Waals surface area contributed by atoms with Crippen molar-refractivity contribution in [2.45, 2.75) is 39.8 Å². The van der Waals surface area contributed by atoms with Gasteiger partial charge in [-0.15, -0.1) is 5.10 Å². The molecule has 0 aliphatic rings. The molecule has 154 valence electrons. The second-order valence-corrected chi connectivity index (χ2v) is 7.73. The summed E-state index contributed by atoms with van der Waals surface area (Å²) in [7, 11) is 0. The molecule has 8 heteroatoms. The number of hydrogen-bond acceptors (Lipinski definition) is 6. The highest BCUT2D eigenvalue weighted by molar-refractivity contribution is 5.80. The number of aromatic amines is 1. The van der Waals surface area contributed by atoms with Crippen molar-refractivity contribution in [3.8, 4) is 22.5 Å². The van der Waals surface area contributed by atoms with Crippen LogP contribution < -0.4 is 5.73 Å². The van der Waals surface area contributed by atoms with Crippen molar-refractivity contribution in [3.63, 3.8) is 0 Å². The Morgan fingerprint density at radius 3 is 2.47 bits per heavy atom. The fraction of sp³-hybridized carbons (Fsp3) is 0.318. The maximum absolute atomic E-state index is 5.77. The summed E-state index contributed by atoms with van der Waals surface area (Å²) >= 11 is 0. The molecule has 0 atom stereocenters. The van der Waals surface area contributed by atoms with Crippen molar-refractivity contribution in [1.82, 2.24) is 35.4 Å². The molecule has 4 aromatic rings. The van der Waals surface area contributed by atoms with Gasteiger partial charge in [-0.2, -0.15) is 5.10 Å². The van der Waals surface area contributed by atoms with E-state index in [1.807, 2.05) is 22.9 Å². The van der Waals surface area contributed by atoms with E-state index in [0.29, 0.717) is 30.7 Å². The second-order valence-electron chi connectivity index (χ2n) is 7.73. The summed E-state index contributed by atoms with van der Waals surface area (Å²) in [5, 5.41) is 18.9. The fourth-order valence-corrected chi connectivity index (χ4v) is 3.42. The molecular weight excluding hydrogens is 376 g/mol. The Balaban J connectivity index is 1.57. The topological polar surface area (TPSA) is 111 Å².